The summed E-state index contributed by atoms with van der Waals surface area (Å²) in [5.74, 6) is -1.95. The molecule has 1 aromatic carbocycles. The van der Waals surface area contributed by atoms with Crippen molar-refractivity contribution in [3.63, 3.8) is 0 Å². The number of aromatic nitrogens is 2. The van der Waals surface area contributed by atoms with Gasteiger partial charge in [-0.15, -0.1) is 0 Å². The van der Waals surface area contributed by atoms with E-state index in [1.165, 1.54) is 6.20 Å². The van der Waals surface area contributed by atoms with Crippen molar-refractivity contribution in [1.29, 1.82) is 0 Å². The van der Waals surface area contributed by atoms with Gasteiger partial charge in [-0.3, -0.25) is 9.89 Å². The topological polar surface area (TPSA) is 84.1 Å². The van der Waals surface area contributed by atoms with Gasteiger partial charge in [0.05, 0.1) is 11.9 Å². The number of halogens is 4. The van der Waals surface area contributed by atoms with Gasteiger partial charge in [-0.2, -0.15) is 18.3 Å². The second-order valence-corrected chi connectivity index (χ2v) is 5.07. The van der Waals surface area contributed by atoms with Crippen molar-refractivity contribution in [1.82, 2.24) is 15.5 Å². The van der Waals surface area contributed by atoms with E-state index in [2.05, 4.69) is 10.2 Å². The number of hydrogen-bond donors (Lipinski definition) is 2. The summed E-state index contributed by atoms with van der Waals surface area (Å²) in [5.41, 5.74) is 0.985. The van der Waals surface area contributed by atoms with Crippen LogP contribution in [0.5, 0.6) is 0 Å². The van der Waals surface area contributed by atoms with Gasteiger partial charge in [0.15, 0.2) is 6.61 Å². The largest absolute Gasteiger partial charge is 0.452 e. The summed E-state index contributed by atoms with van der Waals surface area (Å²) in [6, 6.07) is 6.50. The van der Waals surface area contributed by atoms with Gasteiger partial charge in [0.2, 0.25) is 0 Å². The molecule has 0 fully saturated rings. The molecular weight excluding hydrogens is 351 g/mol. The third kappa shape index (κ3) is 4.98. The minimum Gasteiger partial charge on any atom is -0.452 e. The molecule has 2 N–H and O–H groups in total. The number of benzene rings is 1. The number of nitrogens with one attached hydrogen (secondary N) is 2. The molecule has 0 aliphatic rings. The van der Waals surface area contributed by atoms with Crippen molar-refractivity contribution in [3.8, 4) is 11.3 Å². The Kier molecular flexibility index (Phi) is 5.45. The first-order valence-electron chi connectivity index (χ1n) is 6.56. The molecule has 6 nitrogen and oxygen atoms in total. The predicted molar refractivity (Wildman–Crippen MR) is 78.4 cm³/mol. The van der Waals surface area contributed by atoms with Crippen LogP contribution in [0.25, 0.3) is 11.3 Å². The molecule has 2 aromatic rings. The normalized spacial score (nSPS) is 11.2. The molecule has 10 heteroatoms. The van der Waals surface area contributed by atoms with Crippen LogP contribution in [0.1, 0.15) is 10.4 Å². The van der Waals surface area contributed by atoms with Crippen LogP contribution in [0.3, 0.4) is 0 Å². The summed E-state index contributed by atoms with van der Waals surface area (Å²) in [5, 5.41) is 8.44. The molecule has 1 aromatic heterocycles. The lowest BCUT2D eigenvalue weighted by atomic mass is 10.1. The van der Waals surface area contributed by atoms with Crippen LogP contribution in [-0.4, -0.2) is 41.4 Å². The number of rotatable bonds is 5. The van der Waals surface area contributed by atoms with E-state index in [1.807, 2.05) is 0 Å². The fraction of sp³-hybridized carbons (Fsp3) is 0.214. The highest BCUT2D eigenvalue weighted by molar-refractivity contribution is 6.30. The monoisotopic (exact) mass is 361 g/mol. The fourth-order valence-electron chi connectivity index (χ4n) is 1.74. The molecule has 0 aliphatic heterocycles. The predicted octanol–water partition coefficient (Wildman–Crippen LogP) is 2.57. The average molecular weight is 362 g/mol. The van der Waals surface area contributed by atoms with Crippen LogP contribution >= 0.6 is 11.6 Å². The zero-order valence-electron chi connectivity index (χ0n) is 12.0. The van der Waals surface area contributed by atoms with E-state index < -0.39 is 31.2 Å². The molecule has 1 heterocycles. The first-order valence-corrected chi connectivity index (χ1v) is 6.94. The maximum Gasteiger partial charge on any atom is 0.405 e. The first-order chi connectivity index (χ1) is 11.3. The number of carbonyl (C=O) groups excluding carboxylic acids is 2. The van der Waals surface area contributed by atoms with E-state index in [9.17, 15) is 22.8 Å². The van der Waals surface area contributed by atoms with E-state index in [0.29, 0.717) is 16.3 Å². The smallest absolute Gasteiger partial charge is 0.405 e. The number of aromatic amines is 1. The minimum absolute atomic E-state index is 0.0425. The lowest BCUT2D eigenvalue weighted by molar-refractivity contribution is -0.140. The van der Waals surface area contributed by atoms with Crippen molar-refractivity contribution in [3.05, 3.63) is 41.0 Å². The lowest BCUT2D eigenvalue weighted by Crippen LogP contribution is -2.36. The molecule has 0 saturated heterocycles. The molecular formula is C14H11ClF3N3O3. The Labute approximate surface area is 138 Å². The number of esters is 1. The number of alkyl halides is 3. The van der Waals surface area contributed by atoms with Crippen LogP contribution in [0.15, 0.2) is 30.5 Å². The molecule has 0 spiro atoms. The Balaban J connectivity index is 1.98. The molecule has 0 atom stereocenters. The number of hydrogen-bond acceptors (Lipinski definition) is 4. The van der Waals surface area contributed by atoms with Gasteiger partial charge in [-0.05, 0) is 12.1 Å². The SMILES string of the molecule is O=C(COC(=O)c1cn[nH]c1-c1ccc(Cl)cc1)NCC(F)(F)F. The Morgan fingerprint density at radius 2 is 1.92 bits per heavy atom. The lowest BCUT2D eigenvalue weighted by Gasteiger charge is -2.09. The van der Waals surface area contributed by atoms with Gasteiger partial charge in [0.25, 0.3) is 5.91 Å². The summed E-state index contributed by atoms with van der Waals surface area (Å²) >= 11 is 5.78. The Hall–Kier alpha value is -2.55. The summed E-state index contributed by atoms with van der Waals surface area (Å²) in [6.45, 7) is -2.33. The molecule has 128 valence electrons. The maximum absolute atomic E-state index is 12.0. The zero-order valence-corrected chi connectivity index (χ0v) is 12.7. The number of H-pyrrole nitrogens is 1. The molecule has 2 rings (SSSR count). The molecule has 24 heavy (non-hydrogen) atoms. The molecule has 0 bridgehead atoms. The van der Waals surface area contributed by atoms with Crippen molar-refractivity contribution in [2.75, 3.05) is 13.2 Å². The van der Waals surface area contributed by atoms with Crippen molar-refractivity contribution >= 4 is 23.5 Å². The highest BCUT2D eigenvalue weighted by Crippen LogP contribution is 2.23. The fourth-order valence-corrected chi connectivity index (χ4v) is 1.86. The molecule has 1 amide bonds. The van der Waals surface area contributed by atoms with Crippen LogP contribution in [-0.2, 0) is 9.53 Å². The molecule has 0 unspecified atom stereocenters. The summed E-state index contributed by atoms with van der Waals surface area (Å²) < 4.78 is 40.6. The van der Waals surface area contributed by atoms with Crippen molar-refractivity contribution < 1.29 is 27.5 Å². The van der Waals surface area contributed by atoms with E-state index in [1.54, 1.807) is 29.6 Å². The number of nitrogens with zero attached hydrogens (tertiary/aromatic N) is 1. The zero-order chi connectivity index (χ0) is 17.7. The third-order valence-corrected chi connectivity index (χ3v) is 3.06. The van der Waals surface area contributed by atoms with Crippen molar-refractivity contribution in [2.45, 2.75) is 6.18 Å². The molecule has 0 aliphatic carbocycles. The Morgan fingerprint density at radius 3 is 2.54 bits per heavy atom. The van der Waals surface area contributed by atoms with E-state index in [-0.39, 0.29) is 5.56 Å². The average Bonchev–Trinajstić information content (AvgIpc) is 3.00. The van der Waals surface area contributed by atoms with Crippen LogP contribution in [0.2, 0.25) is 5.02 Å². The summed E-state index contributed by atoms with van der Waals surface area (Å²) in [4.78, 5) is 23.2. The highest BCUT2D eigenvalue weighted by Gasteiger charge is 2.28. The first kappa shape index (κ1) is 17.8. The van der Waals surface area contributed by atoms with Crippen LogP contribution in [0, 0.1) is 0 Å². The second kappa shape index (κ2) is 7.35. The number of ether oxygens (including phenoxy) is 1. The van der Waals surface area contributed by atoms with Gasteiger partial charge in [0.1, 0.15) is 12.1 Å². The van der Waals surface area contributed by atoms with Crippen LogP contribution < -0.4 is 5.32 Å². The summed E-state index contributed by atoms with van der Waals surface area (Å²) in [6.07, 6.45) is -3.34. The van der Waals surface area contributed by atoms with Crippen LogP contribution in [0.4, 0.5) is 13.2 Å². The van der Waals surface area contributed by atoms with Crippen molar-refractivity contribution in [2.24, 2.45) is 0 Å². The van der Waals surface area contributed by atoms with Gasteiger partial charge in [0, 0.05) is 10.6 Å². The quantitative estimate of drug-likeness (QED) is 0.802. The third-order valence-electron chi connectivity index (χ3n) is 2.81. The second-order valence-electron chi connectivity index (χ2n) is 4.63. The van der Waals surface area contributed by atoms with E-state index in [4.69, 9.17) is 16.3 Å². The number of carbonyl (C=O) groups is 2. The molecule has 0 saturated carbocycles. The summed E-state index contributed by atoms with van der Waals surface area (Å²) in [7, 11) is 0. The number of amides is 1. The van der Waals surface area contributed by atoms with E-state index in [0.717, 1.165) is 0 Å². The van der Waals surface area contributed by atoms with Gasteiger partial charge in [-0.1, -0.05) is 23.7 Å². The molecule has 0 radical (unpaired) electrons. The Morgan fingerprint density at radius 1 is 1.25 bits per heavy atom. The van der Waals surface area contributed by atoms with Gasteiger partial charge < -0.3 is 10.1 Å². The maximum atomic E-state index is 12.0. The minimum atomic E-state index is -4.54. The Bertz CT molecular complexity index is 729. The van der Waals surface area contributed by atoms with E-state index >= 15 is 0 Å². The van der Waals surface area contributed by atoms with Gasteiger partial charge in [-0.25, -0.2) is 4.79 Å². The van der Waals surface area contributed by atoms with Gasteiger partial charge >= 0.3 is 12.1 Å². The standard InChI is InChI=1S/C14H11ClF3N3O3/c15-9-3-1-8(2-4-9)12-10(5-20-21-12)13(23)24-6-11(22)19-7-14(16,17)18/h1-5H,6-7H2,(H,19,22)(H,20,21). The highest BCUT2D eigenvalue weighted by atomic mass is 35.5.